The first-order chi connectivity index (χ1) is 12.0. The van der Waals surface area contributed by atoms with Gasteiger partial charge >= 0.3 is 12.0 Å². The summed E-state index contributed by atoms with van der Waals surface area (Å²) in [6, 6.07) is 3.16. The molecule has 9 heteroatoms. The van der Waals surface area contributed by atoms with Gasteiger partial charge in [0.1, 0.15) is 11.9 Å². The van der Waals surface area contributed by atoms with Gasteiger partial charge in [0, 0.05) is 24.9 Å². The Morgan fingerprint density at radius 3 is 2.60 bits per heavy atom. The number of urea groups is 1. The maximum Gasteiger partial charge on any atom is 0.332 e. The van der Waals surface area contributed by atoms with Crippen LogP contribution in [0.25, 0.3) is 0 Å². The molecule has 0 aliphatic carbocycles. The van der Waals surface area contributed by atoms with Crippen LogP contribution in [0.5, 0.6) is 0 Å². The van der Waals surface area contributed by atoms with Gasteiger partial charge in [0.25, 0.3) is 5.91 Å². The van der Waals surface area contributed by atoms with Crippen molar-refractivity contribution in [2.45, 2.75) is 18.9 Å². The van der Waals surface area contributed by atoms with Crippen LogP contribution in [-0.4, -0.2) is 50.5 Å². The molecule has 0 bridgehead atoms. The first-order valence-corrected chi connectivity index (χ1v) is 7.56. The minimum atomic E-state index is -1.18. The number of benzene rings is 1. The molecule has 8 nitrogen and oxygen atoms in total. The lowest BCUT2D eigenvalue weighted by atomic mass is 10.1. The Morgan fingerprint density at radius 1 is 1.28 bits per heavy atom. The van der Waals surface area contributed by atoms with E-state index in [-0.39, 0.29) is 12.2 Å². The summed E-state index contributed by atoms with van der Waals surface area (Å²) < 4.78 is 13.1. The number of aliphatic carboxylic acids is 1. The maximum atomic E-state index is 13.1. The predicted octanol–water partition coefficient (Wildman–Crippen LogP) is 1.40. The lowest BCUT2D eigenvalue weighted by Gasteiger charge is -2.20. The third kappa shape index (κ3) is 3.35. The number of imide groups is 1. The number of carbonyl (C=O) groups is 3. The summed E-state index contributed by atoms with van der Waals surface area (Å²) in [5.41, 5.74) is 0.963. The van der Waals surface area contributed by atoms with Crippen LogP contribution in [0.4, 0.5) is 14.9 Å². The lowest BCUT2D eigenvalue weighted by molar-refractivity contribution is -0.139. The topological polar surface area (TPSA) is 107 Å². The SMILES string of the molecule is O=C(O)CC1C(=O)N(c2ccc(F)cc2)C(=O)N1CCc1cnc[nH]1. The molecule has 3 rings (SSSR count). The van der Waals surface area contributed by atoms with E-state index in [1.54, 1.807) is 6.20 Å². The van der Waals surface area contributed by atoms with E-state index < -0.39 is 36.2 Å². The molecule has 1 unspecified atom stereocenters. The van der Waals surface area contributed by atoms with Gasteiger partial charge < -0.3 is 15.0 Å². The number of anilines is 1. The van der Waals surface area contributed by atoms with Crippen molar-refractivity contribution in [3.8, 4) is 0 Å². The van der Waals surface area contributed by atoms with Crippen molar-refractivity contribution in [2.75, 3.05) is 11.4 Å². The van der Waals surface area contributed by atoms with E-state index >= 15 is 0 Å². The van der Waals surface area contributed by atoms with Crippen LogP contribution < -0.4 is 4.90 Å². The number of halogens is 1. The molecule has 0 saturated carbocycles. The Labute approximate surface area is 141 Å². The second-order valence-corrected chi connectivity index (χ2v) is 5.57. The Kier molecular flexibility index (Phi) is 4.46. The monoisotopic (exact) mass is 346 g/mol. The van der Waals surface area contributed by atoms with Gasteiger partial charge in [0.2, 0.25) is 0 Å². The van der Waals surface area contributed by atoms with Gasteiger partial charge in [-0.15, -0.1) is 0 Å². The molecule has 1 atom stereocenters. The molecule has 1 aromatic heterocycles. The highest BCUT2D eigenvalue weighted by Gasteiger charge is 2.46. The Bertz CT molecular complexity index is 791. The maximum absolute atomic E-state index is 13.1. The third-order valence-corrected chi connectivity index (χ3v) is 3.95. The standard InChI is InChI=1S/C16H15FN4O4/c17-10-1-3-12(4-2-10)21-15(24)13(7-14(22)23)20(16(21)25)6-5-11-8-18-9-19-11/h1-4,8-9,13H,5-7H2,(H,18,19)(H,22,23). The smallest absolute Gasteiger partial charge is 0.332 e. The van der Waals surface area contributed by atoms with Crippen molar-refractivity contribution < 1.29 is 23.9 Å². The number of carboxylic acid groups (broad SMARTS) is 1. The molecule has 1 aliphatic rings. The Hall–Kier alpha value is -3.23. The Morgan fingerprint density at radius 2 is 2.00 bits per heavy atom. The quantitative estimate of drug-likeness (QED) is 0.769. The summed E-state index contributed by atoms with van der Waals surface area (Å²) in [6.07, 6.45) is 2.98. The zero-order valence-corrected chi connectivity index (χ0v) is 13.1. The van der Waals surface area contributed by atoms with Crippen LogP contribution in [-0.2, 0) is 16.0 Å². The number of imidazole rings is 1. The molecular formula is C16H15FN4O4. The highest BCUT2D eigenvalue weighted by atomic mass is 19.1. The molecular weight excluding hydrogens is 331 g/mol. The van der Waals surface area contributed by atoms with E-state index in [0.717, 1.165) is 22.7 Å². The molecule has 0 spiro atoms. The average Bonchev–Trinajstić information content (AvgIpc) is 3.15. The first-order valence-electron chi connectivity index (χ1n) is 7.56. The summed E-state index contributed by atoms with van der Waals surface area (Å²) in [6.45, 7) is 0.155. The van der Waals surface area contributed by atoms with Gasteiger partial charge in [0.15, 0.2) is 0 Å². The Balaban J connectivity index is 1.85. The number of carboxylic acids is 1. The zero-order chi connectivity index (χ0) is 18.0. The molecule has 2 heterocycles. The molecule has 1 aliphatic heterocycles. The number of hydrogen-bond acceptors (Lipinski definition) is 4. The van der Waals surface area contributed by atoms with E-state index in [2.05, 4.69) is 9.97 Å². The van der Waals surface area contributed by atoms with Crippen molar-refractivity contribution in [3.63, 3.8) is 0 Å². The van der Waals surface area contributed by atoms with Gasteiger partial charge in [-0.25, -0.2) is 19.1 Å². The van der Waals surface area contributed by atoms with Crippen molar-refractivity contribution in [3.05, 3.63) is 48.3 Å². The highest BCUT2D eigenvalue weighted by Crippen LogP contribution is 2.27. The van der Waals surface area contributed by atoms with E-state index in [1.165, 1.54) is 23.4 Å². The van der Waals surface area contributed by atoms with Crippen molar-refractivity contribution in [2.24, 2.45) is 0 Å². The van der Waals surface area contributed by atoms with Crippen LogP contribution >= 0.6 is 0 Å². The number of aromatic nitrogens is 2. The molecule has 130 valence electrons. The number of aromatic amines is 1. The second kappa shape index (κ2) is 6.71. The molecule has 25 heavy (non-hydrogen) atoms. The van der Waals surface area contributed by atoms with E-state index in [0.29, 0.717) is 6.42 Å². The molecule has 2 aromatic rings. The number of rotatable bonds is 6. The van der Waals surface area contributed by atoms with Crippen molar-refractivity contribution >= 4 is 23.6 Å². The van der Waals surface area contributed by atoms with Gasteiger partial charge in [-0.1, -0.05) is 0 Å². The summed E-state index contributed by atoms with van der Waals surface area (Å²) in [5, 5.41) is 9.07. The number of amides is 3. The third-order valence-electron chi connectivity index (χ3n) is 3.95. The summed E-state index contributed by atoms with van der Waals surface area (Å²) in [5.74, 6) is -2.32. The number of H-pyrrole nitrogens is 1. The number of hydrogen-bond donors (Lipinski definition) is 2. The number of nitrogens with one attached hydrogen (secondary N) is 1. The van der Waals surface area contributed by atoms with Crippen LogP contribution in [0.2, 0.25) is 0 Å². The molecule has 0 radical (unpaired) electrons. The minimum absolute atomic E-state index is 0.155. The van der Waals surface area contributed by atoms with E-state index in [9.17, 15) is 18.8 Å². The van der Waals surface area contributed by atoms with Gasteiger partial charge in [-0.2, -0.15) is 0 Å². The van der Waals surface area contributed by atoms with Crippen LogP contribution in [0.15, 0.2) is 36.8 Å². The number of carbonyl (C=O) groups excluding carboxylic acids is 2. The molecule has 1 saturated heterocycles. The van der Waals surface area contributed by atoms with Crippen LogP contribution in [0.1, 0.15) is 12.1 Å². The summed E-state index contributed by atoms with van der Waals surface area (Å²) >= 11 is 0. The molecule has 3 amide bonds. The minimum Gasteiger partial charge on any atom is -0.481 e. The normalized spacial score (nSPS) is 17.4. The van der Waals surface area contributed by atoms with Gasteiger partial charge in [-0.3, -0.25) is 9.59 Å². The fourth-order valence-corrected chi connectivity index (χ4v) is 2.74. The molecule has 2 N–H and O–H groups in total. The predicted molar refractivity (Wildman–Crippen MR) is 84.3 cm³/mol. The van der Waals surface area contributed by atoms with Crippen LogP contribution in [0, 0.1) is 5.82 Å². The van der Waals surface area contributed by atoms with E-state index in [4.69, 9.17) is 5.11 Å². The van der Waals surface area contributed by atoms with Crippen molar-refractivity contribution in [1.82, 2.24) is 14.9 Å². The van der Waals surface area contributed by atoms with Crippen molar-refractivity contribution in [1.29, 1.82) is 0 Å². The van der Waals surface area contributed by atoms with E-state index in [1.807, 2.05) is 0 Å². The second-order valence-electron chi connectivity index (χ2n) is 5.57. The zero-order valence-electron chi connectivity index (χ0n) is 13.1. The lowest BCUT2D eigenvalue weighted by Crippen LogP contribution is -2.38. The van der Waals surface area contributed by atoms with Gasteiger partial charge in [0.05, 0.1) is 18.4 Å². The highest BCUT2D eigenvalue weighted by molar-refractivity contribution is 6.21. The van der Waals surface area contributed by atoms with Crippen LogP contribution in [0.3, 0.4) is 0 Å². The fourth-order valence-electron chi connectivity index (χ4n) is 2.74. The average molecular weight is 346 g/mol. The fraction of sp³-hybridized carbons (Fsp3) is 0.250. The first kappa shape index (κ1) is 16.6. The molecule has 1 fully saturated rings. The van der Waals surface area contributed by atoms with Gasteiger partial charge in [-0.05, 0) is 24.3 Å². The number of nitrogens with zero attached hydrogens (tertiary/aromatic N) is 3. The largest absolute Gasteiger partial charge is 0.481 e. The molecule has 1 aromatic carbocycles. The summed E-state index contributed by atoms with van der Waals surface area (Å²) in [4.78, 5) is 45.2. The summed E-state index contributed by atoms with van der Waals surface area (Å²) in [7, 11) is 0.